The van der Waals surface area contributed by atoms with Gasteiger partial charge in [0.05, 0.1) is 11.1 Å². The molecule has 0 heterocycles. The highest BCUT2D eigenvalue weighted by molar-refractivity contribution is 5.94. The monoisotopic (exact) mass is 306 g/mol. The van der Waals surface area contributed by atoms with Gasteiger partial charge in [0.15, 0.2) is 0 Å². The zero-order chi connectivity index (χ0) is 16.2. The van der Waals surface area contributed by atoms with Crippen molar-refractivity contribution in [1.29, 1.82) is 0 Å². The third-order valence-corrected chi connectivity index (χ3v) is 2.98. The van der Waals surface area contributed by atoms with E-state index in [0.29, 0.717) is 19.0 Å². The molecule has 0 saturated carbocycles. The topological polar surface area (TPSA) is 23.6 Å². The molecule has 0 atom stereocenters. The number of carbonyl (C=O) groups is 1. The highest BCUT2D eigenvalue weighted by atomic mass is 19.4. The first-order chi connectivity index (χ1) is 9.64. The number of benzene rings is 1. The third kappa shape index (κ3) is 4.70. The van der Waals surface area contributed by atoms with Gasteiger partial charge in [-0.1, -0.05) is 6.07 Å². The maximum absolute atomic E-state index is 13.9. The normalized spacial score (nSPS) is 11.8. The van der Waals surface area contributed by atoms with Gasteiger partial charge >= 0.3 is 6.18 Å². The molecule has 0 aliphatic heterocycles. The molecule has 0 aliphatic carbocycles. The van der Waals surface area contributed by atoms with Gasteiger partial charge in [-0.25, -0.2) is 4.39 Å². The van der Waals surface area contributed by atoms with E-state index >= 15 is 0 Å². The van der Waals surface area contributed by atoms with Gasteiger partial charge in [0.25, 0.3) is 5.91 Å². The Hall–Kier alpha value is -1.63. The Bertz CT molecular complexity index is 500. The van der Waals surface area contributed by atoms with Gasteiger partial charge in [-0.05, 0) is 39.2 Å². The lowest BCUT2D eigenvalue weighted by atomic mass is 10.1. The van der Waals surface area contributed by atoms with Crippen LogP contribution in [-0.4, -0.2) is 49.9 Å². The molecule has 0 bridgehead atoms. The fraction of sp³-hybridized carbons (Fsp3) is 0.500. The molecule has 0 aromatic heterocycles. The molecular formula is C14H18F4N2O. The van der Waals surface area contributed by atoms with Gasteiger partial charge in [0.2, 0.25) is 0 Å². The molecule has 118 valence electrons. The van der Waals surface area contributed by atoms with Crippen molar-refractivity contribution in [3.63, 3.8) is 0 Å². The largest absolute Gasteiger partial charge is 0.419 e. The highest BCUT2D eigenvalue weighted by Gasteiger charge is 2.36. The summed E-state index contributed by atoms with van der Waals surface area (Å²) in [7, 11) is 5.18. The van der Waals surface area contributed by atoms with Crippen LogP contribution in [0.1, 0.15) is 22.3 Å². The minimum absolute atomic E-state index is 0.340. The Kier molecular flexibility index (Phi) is 5.71. The number of carbonyl (C=O) groups excluding carboxylic acids is 1. The van der Waals surface area contributed by atoms with Gasteiger partial charge in [0, 0.05) is 13.6 Å². The van der Waals surface area contributed by atoms with E-state index in [4.69, 9.17) is 0 Å². The summed E-state index contributed by atoms with van der Waals surface area (Å²) >= 11 is 0. The Morgan fingerprint density at radius 1 is 1.14 bits per heavy atom. The lowest BCUT2D eigenvalue weighted by molar-refractivity contribution is -0.140. The second kappa shape index (κ2) is 6.89. The summed E-state index contributed by atoms with van der Waals surface area (Å²) in [5.74, 6) is -2.27. The van der Waals surface area contributed by atoms with E-state index in [0.717, 1.165) is 18.7 Å². The SMILES string of the molecule is CN(C)CCCN(C)C(=O)c1cccc(C(F)(F)F)c1F. The molecule has 0 radical (unpaired) electrons. The molecule has 3 nitrogen and oxygen atoms in total. The maximum atomic E-state index is 13.9. The first-order valence-electron chi connectivity index (χ1n) is 6.40. The van der Waals surface area contributed by atoms with Crippen LogP contribution in [0, 0.1) is 5.82 Å². The van der Waals surface area contributed by atoms with Gasteiger partial charge in [-0.15, -0.1) is 0 Å². The second-order valence-electron chi connectivity index (χ2n) is 5.05. The standard InChI is InChI=1S/C14H18F4N2O/c1-19(2)8-5-9-20(3)13(21)10-6-4-7-11(12(10)15)14(16,17)18/h4,6-7H,5,8-9H2,1-3H3. The van der Waals surface area contributed by atoms with Crippen molar-refractivity contribution >= 4 is 5.91 Å². The van der Waals surface area contributed by atoms with E-state index < -0.39 is 29.0 Å². The molecule has 21 heavy (non-hydrogen) atoms. The summed E-state index contributed by atoms with van der Waals surface area (Å²) < 4.78 is 51.7. The summed E-state index contributed by atoms with van der Waals surface area (Å²) in [6, 6.07) is 2.72. The number of hydrogen-bond donors (Lipinski definition) is 0. The van der Waals surface area contributed by atoms with Crippen molar-refractivity contribution in [2.45, 2.75) is 12.6 Å². The first-order valence-corrected chi connectivity index (χ1v) is 6.40. The van der Waals surface area contributed by atoms with Crippen LogP contribution in [0.4, 0.5) is 17.6 Å². The number of rotatable bonds is 5. The molecule has 7 heteroatoms. The van der Waals surface area contributed by atoms with Gasteiger partial charge < -0.3 is 9.80 Å². The van der Waals surface area contributed by atoms with Crippen molar-refractivity contribution in [2.75, 3.05) is 34.2 Å². The average Bonchev–Trinajstić information content (AvgIpc) is 2.36. The molecule has 1 rings (SSSR count). The molecule has 0 unspecified atom stereocenters. The molecule has 1 amide bonds. The summed E-state index contributed by atoms with van der Waals surface area (Å²) in [4.78, 5) is 15.2. The molecular weight excluding hydrogens is 288 g/mol. The van der Waals surface area contributed by atoms with E-state index in [1.807, 2.05) is 19.0 Å². The van der Waals surface area contributed by atoms with E-state index in [1.54, 1.807) is 0 Å². The Labute approximate surface area is 121 Å². The minimum Gasteiger partial charge on any atom is -0.342 e. The van der Waals surface area contributed by atoms with Crippen LogP contribution in [0.3, 0.4) is 0 Å². The summed E-state index contributed by atoms with van der Waals surface area (Å²) in [5.41, 5.74) is -1.98. The van der Waals surface area contributed by atoms with Crippen molar-refractivity contribution < 1.29 is 22.4 Å². The molecule has 0 aliphatic rings. The molecule has 1 aromatic rings. The second-order valence-corrected chi connectivity index (χ2v) is 5.05. The van der Waals surface area contributed by atoms with Gasteiger partial charge in [-0.3, -0.25) is 4.79 Å². The van der Waals surface area contributed by atoms with Crippen LogP contribution in [0.25, 0.3) is 0 Å². The predicted octanol–water partition coefficient (Wildman–Crippen LogP) is 2.87. The summed E-state index contributed by atoms with van der Waals surface area (Å²) in [6.07, 6.45) is -4.17. The van der Waals surface area contributed by atoms with Crippen molar-refractivity contribution in [3.05, 3.63) is 35.1 Å². The number of nitrogens with zero attached hydrogens (tertiary/aromatic N) is 2. The van der Waals surface area contributed by atoms with E-state index in [-0.39, 0.29) is 0 Å². The van der Waals surface area contributed by atoms with Crippen molar-refractivity contribution in [2.24, 2.45) is 0 Å². The zero-order valence-corrected chi connectivity index (χ0v) is 12.2. The van der Waals surface area contributed by atoms with Crippen LogP contribution in [-0.2, 0) is 6.18 Å². The van der Waals surface area contributed by atoms with Crippen LogP contribution in [0.5, 0.6) is 0 Å². The first kappa shape index (κ1) is 17.4. The molecule has 0 spiro atoms. The fourth-order valence-electron chi connectivity index (χ4n) is 1.85. The predicted molar refractivity (Wildman–Crippen MR) is 71.5 cm³/mol. The quantitative estimate of drug-likeness (QED) is 0.781. The lowest BCUT2D eigenvalue weighted by Crippen LogP contribution is -2.30. The number of alkyl halides is 3. The average molecular weight is 306 g/mol. The van der Waals surface area contributed by atoms with E-state index in [9.17, 15) is 22.4 Å². The Morgan fingerprint density at radius 2 is 1.76 bits per heavy atom. The van der Waals surface area contributed by atoms with E-state index in [2.05, 4.69) is 0 Å². The van der Waals surface area contributed by atoms with Crippen LogP contribution in [0.2, 0.25) is 0 Å². The van der Waals surface area contributed by atoms with Crippen molar-refractivity contribution in [1.82, 2.24) is 9.80 Å². The van der Waals surface area contributed by atoms with Crippen LogP contribution in [0.15, 0.2) is 18.2 Å². The molecule has 1 aromatic carbocycles. The Balaban J connectivity index is 2.88. The maximum Gasteiger partial charge on any atom is 0.419 e. The van der Waals surface area contributed by atoms with Gasteiger partial charge in [0.1, 0.15) is 5.82 Å². The smallest absolute Gasteiger partial charge is 0.342 e. The molecule has 0 saturated heterocycles. The fourth-order valence-corrected chi connectivity index (χ4v) is 1.85. The van der Waals surface area contributed by atoms with E-state index in [1.165, 1.54) is 11.9 Å². The zero-order valence-electron chi connectivity index (χ0n) is 12.2. The minimum atomic E-state index is -4.82. The highest BCUT2D eigenvalue weighted by Crippen LogP contribution is 2.32. The number of halogens is 4. The van der Waals surface area contributed by atoms with Crippen LogP contribution >= 0.6 is 0 Å². The summed E-state index contributed by atoms with van der Waals surface area (Å²) in [5, 5.41) is 0. The van der Waals surface area contributed by atoms with Crippen molar-refractivity contribution in [3.8, 4) is 0 Å². The lowest BCUT2D eigenvalue weighted by Gasteiger charge is -2.19. The molecule has 0 fully saturated rings. The Morgan fingerprint density at radius 3 is 2.29 bits per heavy atom. The van der Waals surface area contributed by atoms with Crippen LogP contribution < -0.4 is 0 Å². The summed E-state index contributed by atoms with van der Waals surface area (Å²) in [6.45, 7) is 1.06. The third-order valence-electron chi connectivity index (χ3n) is 2.98. The molecule has 0 N–H and O–H groups in total. The number of hydrogen-bond acceptors (Lipinski definition) is 2. The van der Waals surface area contributed by atoms with Gasteiger partial charge in [-0.2, -0.15) is 13.2 Å². The number of amides is 1.